The van der Waals surface area contributed by atoms with E-state index in [1.807, 2.05) is 19.9 Å². The molecule has 6 nitrogen and oxygen atoms in total. The molecule has 1 N–H and O–H groups in total. The third-order valence-corrected chi connectivity index (χ3v) is 6.16. The number of aliphatic carboxylic acids is 1. The van der Waals surface area contributed by atoms with Crippen LogP contribution in [0.1, 0.15) is 29.7 Å². The van der Waals surface area contributed by atoms with Crippen molar-refractivity contribution in [3.8, 4) is 0 Å². The molecule has 3 aromatic rings. The molecule has 0 bridgehead atoms. The SMILES string of the molecule is Cc1cc(C)cc(S(=O)(=O)n2c(CCCC(=O)O)cc3nc(Cl)ccc32)c1. The Morgan fingerprint density at radius 3 is 2.44 bits per heavy atom. The predicted molar refractivity (Wildman–Crippen MR) is 104 cm³/mol. The van der Waals surface area contributed by atoms with Crippen molar-refractivity contribution in [2.24, 2.45) is 0 Å². The van der Waals surface area contributed by atoms with E-state index in [0.29, 0.717) is 29.6 Å². The molecular weight excluding hydrogens is 388 g/mol. The standard InChI is InChI=1S/C19H19ClN2O4S/c1-12-8-13(2)10-15(9-12)27(25,26)22-14(4-3-5-19(23)24)11-16-17(22)6-7-18(20)21-16/h6-11H,3-5H2,1-2H3,(H,23,24). The van der Waals surface area contributed by atoms with Gasteiger partial charge in [-0.05, 0) is 68.1 Å². The van der Waals surface area contributed by atoms with Crippen molar-refractivity contribution < 1.29 is 18.3 Å². The summed E-state index contributed by atoms with van der Waals surface area (Å²) < 4.78 is 28.1. The second-order valence-corrected chi connectivity index (χ2v) is 8.69. The van der Waals surface area contributed by atoms with Crippen LogP contribution in [0.15, 0.2) is 41.3 Å². The molecule has 2 heterocycles. The molecule has 0 aliphatic heterocycles. The van der Waals surface area contributed by atoms with Crippen molar-refractivity contribution in [2.45, 2.75) is 38.0 Å². The van der Waals surface area contributed by atoms with Crippen molar-refractivity contribution in [3.63, 3.8) is 0 Å². The summed E-state index contributed by atoms with van der Waals surface area (Å²) in [5, 5.41) is 9.15. The number of carbonyl (C=O) groups is 1. The molecule has 27 heavy (non-hydrogen) atoms. The molecule has 0 spiro atoms. The molecule has 8 heteroatoms. The number of hydrogen-bond donors (Lipinski definition) is 1. The van der Waals surface area contributed by atoms with Crippen LogP contribution in [0, 0.1) is 13.8 Å². The molecule has 3 rings (SSSR count). The lowest BCUT2D eigenvalue weighted by Gasteiger charge is -2.13. The Morgan fingerprint density at radius 1 is 1.15 bits per heavy atom. The second-order valence-electron chi connectivity index (χ2n) is 6.51. The zero-order chi connectivity index (χ0) is 19.8. The molecule has 0 unspecified atom stereocenters. The highest BCUT2D eigenvalue weighted by atomic mass is 35.5. The van der Waals surface area contributed by atoms with E-state index in [4.69, 9.17) is 16.7 Å². The quantitative estimate of drug-likeness (QED) is 0.626. The first-order chi connectivity index (χ1) is 12.7. The third-order valence-electron chi connectivity index (χ3n) is 4.21. The number of carboxylic acids is 1. The third kappa shape index (κ3) is 3.99. The van der Waals surface area contributed by atoms with E-state index in [0.717, 1.165) is 11.1 Å². The van der Waals surface area contributed by atoms with E-state index in [9.17, 15) is 13.2 Å². The number of aryl methyl sites for hydroxylation is 3. The number of halogens is 1. The second kappa shape index (κ2) is 7.32. The van der Waals surface area contributed by atoms with Crippen LogP contribution in [0.25, 0.3) is 11.0 Å². The van der Waals surface area contributed by atoms with Gasteiger partial charge in [0.15, 0.2) is 0 Å². The molecule has 1 aromatic carbocycles. The first kappa shape index (κ1) is 19.4. The van der Waals surface area contributed by atoms with Crippen molar-refractivity contribution >= 4 is 38.6 Å². The van der Waals surface area contributed by atoms with E-state index in [1.54, 1.807) is 30.3 Å². The van der Waals surface area contributed by atoms with Crippen molar-refractivity contribution in [3.05, 3.63) is 58.4 Å². The Balaban J connectivity index is 2.19. The maximum absolute atomic E-state index is 13.4. The largest absolute Gasteiger partial charge is 0.481 e. The Bertz CT molecular complexity index is 1120. The lowest BCUT2D eigenvalue weighted by atomic mass is 10.2. The first-order valence-corrected chi connectivity index (χ1v) is 10.2. The van der Waals surface area contributed by atoms with Crippen LogP contribution in [-0.4, -0.2) is 28.5 Å². The van der Waals surface area contributed by atoms with Crippen molar-refractivity contribution in [2.75, 3.05) is 0 Å². The lowest BCUT2D eigenvalue weighted by Crippen LogP contribution is -2.16. The molecule has 0 amide bonds. The highest BCUT2D eigenvalue weighted by Gasteiger charge is 2.24. The van der Waals surface area contributed by atoms with Crippen LogP contribution < -0.4 is 0 Å². The molecule has 2 aromatic heterocycles. The summed E-state index contributed by atoms with van der Waals surface area (Å²) in [5.41, 5.74) is 3.06. The summed E-state index contributed by atoms with van der Waals surface area (Å²) in [5.74, 6) is -0.920. The fraction of sp³-hybridized carbons (Fsp3) is 0.263. The van der Waals surface area contributed by atoms with Gasteiger partial charge in [0, 0.05) is 12.1 Å². The van der Waals surface area contributed by atoms with Crippen LogP contribution in [0.2, 0.25) is 5.15 Å². The maximum Gasteiger partial charge on any atom is 0.303 e. The zero-order valence-electron chi connectivity index (χ0n) is 14.9. The molecule has 0 saturated carbocycles. The predicted octanol–water partition coefficient (Wildman–Crippen LogP) is 3.95. The monoisotopic (exact) mass is 406 g/mol. The minimum Gasteiger partial charge on any atom is -0.481 e. The summed E-state index contributed by atoms with van der Waals surface area (Å²) in [7, 11) is -3.88. The van der Waals surface area contributed by atoms with Crippen LogP contribution >= 0.6 is 11.6 Å². The van der Waals surface area contributed by atoms with E-state index in [1.165, 1.54) is 3.97 Å². The Labute approximate surface area is 162 Å². The highest BCUT2D eigenvalue weighted by Crippen LogP contribution is 2.28. The minimum absolute atomic E-state index is 0.0424. The smallest absolute Gasteiger partial charge is 0.303 e. The Kier molecular flexibility index (Phi) is 5.26. The van der Waals surface area contributed by atoms with Crippen LogP contribution in [0.4, 0.5) is 0 Å². The molecule has 0 saturated heterocycles. The van der Waals surface area contributed by atoms with Crippen molar-refractivity contribution in [1.82, 2.24) is 8.96 Å². The first-order valence-electron chi connectivity index (χ1n) is 8.41. The van der Waals surface area contributed by atoms with Crippen LogP contribution in [0.5, 0.6) is 0 Å². The molecule has 0 fully saturated rings. The number of rotatable bonds is 6. The molecular formula is C19H19ClN2O4S. The van der Waals surface area contributed by atoms with Gasteiger partial charge in [0.2, 0.25) is 0 Å². The summed E-state index contributed by atoms with van der Waals surface area (Å²) >= 11 is 5.95. The number of benzene rings is 1. The summed E-state index contributed by atoms with van der Waals surface area (Å²) in [4.78, 5) is 15.2. The lowest BCUT2D eigenvalue weighted by molar-refractivity contribution is -0.137. The zero-order valence-corrected chi connectivity index (χ0v) is 16.5. The number of pyridine rings is 1. The molecule has 0 aliphatic carbocycles. The van der Waals surface area contributed by atoms with Gasteiger partial charge in [0.05, 0.1) is 15.9 Å². The van der Waals surface area contributed by atoms with Gasteiger partial charge in [-0.25, -0.2) is 17.4 Å². The van der Waals surface area contributed by atoms with Gasteiger partial charge in [0.25, 0.3) is 10.0 Å². The maximum atomic E-state index is 13.4. The van der Waals surface area contributed by atoms with Crippen molar-refractivity contribution in [1.29, 1.82) is 0 Å². The van der Waals surface area contributed by atoms with Gasteiger partial charge in [-0.2, -0.15) is 0 Å². The van der Waals surface area contributed by atoms with E-state index < -0.39 is 16.0 Å². The van der Waals surface area contributed by atoms with Gasteiger partial charge in [-0.1, -0.05) is 17.7 Å². The van der Waals surface area contributed by atoms with Gasteiger partial charge < -0.3 is 5.11 Å². The summed E-state index contributed by atoms with van der Waals surface area (Å²) in [6.45, 7) is 3.68. The molecule has 0 radical (unpaired) electrons. The molecule has 0 aliphatic rings. The minimum atomic E-state index is -3.88. The molecule has 0 atom stereocenters. The Hall–Kier alpha value is -2.38. The Morgan fingerprint density at radius 2 is 1.81 bits per heavy atom. The van der Waals surface area contributed by atoms with Gasteiger partial charge in [-0.15, -0.1) is 0 Å². The summed E-state index contributed by atoms with van der Waals surface area (Å²) in [6.07, 6.45) is 0.575. The topological polar surface area (TPSA) is 89.3 Å². The van der Waals surface area contributed by atoms with Gasteiger partial charge >= 0.3 is 5.97 Å². The number of hydrogen-bond acceptors (Lipinski definition) is 4. The average molecular weight is 407 g/mol. The fourth-order valence-corrected chi connectivity index (χ4v) is 5.06. The molecule has 142 valence electrons. The van der Waals surface area contributed by atoms with Crippen LogP contribution in [-0.2, 0) is 21.2 Å². The average Bonchev–Trinajstić information content (AvgIpc) is 2.91. The van der Waals surface area contributed by atoms with E-state index >= 15 is 0 Å². The van der Waals surface area contributed by atoms with Crippen LogP contribution in [0.3, 0.4) is 0 Å². The normalized spacial score (nSPS) is 11.8. The number of carboxylic acid groups (broad SMARTS) is 1. The number of nitrogens with zero attached hydrogens (tertiary/aromatic N) is 2. The fourth-order valence-electron chi connectivity index (χ4n) is 3.16. The number of fused-ring (bicyclic) bond motifs is 1. The van der Waals surface area contributed by atoms with Gasteiger partial charge in [-0.3, -0.25) is 4.79 Å². The number of aromatic nitrogens is 2. The van der Waals surface area contributed by atoms with E-state index in [2.05, 4.69) is 4.98 Å². The van der Waals surface area contributed by atoms with E-state index in [-0.39, 0.29) is 16.5 Å². The highest BCUT2D eigenvalue weighted by molar-refractivity contribution is 7.90. The van der Waals surface area contributed by atoms with Gasteiger partial charge in [0.1, 0.15) is 5.15 Å². The summed E-state index contributed by atoms with van der Waals surface area (Å²) in [6, 6.07) is 9.96.